The largest absolute Gasteiger partial charge is 0.508 e. The van der Waals surface area contributed by atoms with Crippen molar-refractivity contribution in [2.45, 2.75) is 0 Å². The number of carboxylic acid groups (broad SMARTS) is 1. The van der Waals surface area contributed by atoms with Gasteiger partial charge in [-0.2, -0.15) is 0 Å². The molecule has 0 unspecified atom stereocenters. The highest BCUT2D eigenvalue weighted by Gasteiger charge is 2.10. The van der Waals surface area contributed by atoms with Crippen LogP contribution >= 0.6 is 0 Å². The quantitative estimate of drug-likeness (QED) is 0.653. The monoisotopic (exact) mass is 167 g/mol. The Morgan fingerprint density at radius 1 is 1.42 bits per heavy atom. The maximum absolute atomic E-state index is 10.4. The smallest absolute Gasteiger partial charge is 0.338 e. The van der Waals surface area contributed by atoms with Crippen molar-refractivity contribution in [3.63, 3.8) is 0 Å². The van der Waals surface area contributed by atoms with Crippen LogP contribution in [0.3, 0.4) is 0 Å². The van der Waals surface area contributed by atoms with Gasteiger partial charge >= 0.3 is 5.97 Å². The zero-order chi connectivity index (χ0) is 9.14. The molecular formula is C7H5NO4. The van der Waals surface area contributed by atoms with Crippen LogP contribution in [0.1, 0.15) is 10.4 Å². The van der Waals surface area contributed by atoms with Crippen LogP contribution in [-0.2, 0) is 0 Å². The Kier molecular flexibility index (Phi) is 2.05. The summed E-state index contributed by atoms with van der Waals surface area (Å²) in [6.45, 7) is 0. The van der Waals surface area contributed by atoms with Crippen LogP contribution in [0, 0.1) is 4.91 Å². The summed E-state index contributed by atoms with van der Waals surface area (Å²) in [6, 6.07) is 3.31. The molecule has 0 aliphatic rings. The van der Waals surface area contributed by atoms with E-state index in [-0.39, 0.29) is 17.0 Å². The Morgan fingerprint density at radius 2 is 2.08 bits per heavy atom. The van der Waals surface area contributed by atoms with E-state index >= 15 is 0 Å². The summed E-state index contributed by atoms with van der Waals surface area (Å²) in [5, 5.41) is 19.9. The highest BCUT2D eigenvalue weighted by molar-refractivity contribution is 5.93. The number of nitrogens with zero attached hydrogens (tertiary/aromatic N) is 1. The Hall–Kier alpha value is -1.91. The Labute approximate surface area is 67.2 Å². The molecule has 0 aliphatic heterocycles. The Balaban J connectivity index is 3.30. The molecular weight excluding hydrogens is 162 g/mol. The van der Waals surface area contributed by atoms with Crippen LogP contribution in [0.2, 0.25) is 0 Å². The van der Waals surface area contributed by atoms with Gasteiger partial charge in [-0.1, -0.05) is 0 Å². The molecule has 5 heteroatoms. The first-order chi connectivity index (χ1) is 5.65. The zero-order valence-corrected chi connectivity index (χ0v) is 5.89. The number of phenols is 1. The van der Waals surface area contributed by atoms with Crippen molar-refractivity contribution in [3.8, 4) is 5.75 Å². The number of rotatable bonds is 2. The van der Waals surface area contributed by atoms with E-state index in [2.05, 4.69) is 5.18 Å². The molecule has 0 bridgehead atoms. The number of carboxylic acids is 1. The van der Waals surface area contributed by atoms with E-state index in [1.807, 2.05) is 0 Å². The van der Waals surface area contributed by atoms with Gasteiger partial charge in [0.05, 0.1) is 5.56 Å². The van der Waals surface area contributed by atoms with Gasteiger partial charge in [-0.25, -0.2) is 4.79 Å². The lowest BCUT2D eigenvalue weighted by Crippen LogP contribution is -1.95. The fourth-order valence-electron chi connectivity index (χ4n) is 0.775. The Bertz CT molecular complexity index is 334. The van der Waals surface area contributed by atoms with Crippen LogP contribution < -0.4 is 0 Å². The minimum atomic E-state index is -1.29. The third-order valence-corrected chi connectivity index (χ3v) is 1.31. The second kappa shape index (κ2) is 3.00. The highest BCUT2D eigenvalue weighted by atomic mass is 16.4. The molecule has 0 amide bonds. The fraction of sp³-hybridized carbons (Fsp3) is 0. The lowest BCUT2D eigenvalue weighted by atomic mass is 10.2. The molecule has 1 aromatic carbocycles. The Morgan fingerprint density at radius 3 is 2.58 bits per heavy atom. The van der Waals surface area contributed by atoms with Crippen molar-refractivity contribution in [2.24, 2.45) is 5.18 Å². The molecule has 1 aromatic rings. The van der Waals surface area contributed by atoms with Crippen molar-refractivity contribution in [2.75, 3.05) is 0 Å². The summed E-state index contributed by atoms with van der Waals surface area (Å²) in [4.78, 5) is 20.5. The SMILES string of the molecule is O=Nc1ccc(O)cc1C(=O)O. The summed E-state index contributed by atoms with van der Waals surface area (Å²) < 4.78 is 0. The van der Waals surface area contributed by atoms with E-state index in [1.54, 1.807) is 0 Å². The second-order valence-electron chi connectivity index (χ2n) is 2.10. The van der Waals surface area contributed by atoms with Crippen molar-refractivity contribution in [3.05, 3.63) is 28.7 Å². The van der Waals surface area contributed by atoms with Crippen molar-refractivity contribution in [1.29, 1.82) is 0 Å². The van der Waals surface area contributed by atoms with E-state index in [4.69, 9.17) is 10.2 Å². The van der Waals surface area contributed by atoms with Crippen molar-refractivity contribution >= 4 is 11.7 Å². The first-order valence-corrected chi connectivity index (χ1v) is 3.05. The second-order valence-corrected chi connectivity index (χ2v) is 2.10. The summed E-state index contributed by atoms with van der Waals surface area (Å²) in [5.41, 5.74) is -0.495. The fourth-order valence-corrected chi connectivity index (χ4v) is 0.775. The summed E-state index contributed by atoms with van der Waals surface area (Å²) >= 11 is 0. The molecule has 62 valence electrons. The minimum absolute atomic E-state index is 0.194. The molecule has 5 nitrogen and oxygen atoms in total. The van der Waals surface area contributed by atoms with E-state index in [9.17, 15) is 9.70 Å². The molecule has 0 aliphatic carbocycles. The van der Waals surface area contributed by atoms with Crippen LogP contribution in [0.5, 0.6) is 5.75 Å². The number of hydrogen-bond donors (Lipinski definition) is 2. The molecule has 0 atom stereocenters. The van der Waals surface area contributed by atoms with E-state index < -0.39 is 5.97 Å². The molecule has 0 saturated heterocycles. The third kappa shape index (κ3) is 1.39. The molecule has 0 aromatic heterocycles. The average molecular weight is 167 g/mol. The summed E-state index contributed by atoms with van der Waals surface area (Å²) in [5.74, 6) is -1.50. The molecule has 2 N–H and O–H groups in total. The predicted molar refractivity (Wildman–Crippen MR) is 40.5 cm³/mol. The van der Waals surface area contributed by atoms with Crippen LogP contribution in [0.15, 0.2) is 23.4 Å². The van der Waals surface area contributed by atoms with Gasteiger partial charge in [0.2, 0.25) is 0 Å². The van der Waals surface area contributed by atoms with Crippen molar-refractivity contribution < 1.29 is 15.0 Å². The van der Waals surface area contributed by atoms with Gasteiger partial charge in [0, 0.05) is 0 Å². The molecule has 12 heavy (non-hydrogen) atoms. The van der Waals surface area contributed by atoms with Gasteiger partial charge in [0.15, 0.2) is 0 Å². The average Bonchev–Trinajstić information content (AvgIpc) is 2.04. The lowest BCUT2D eigenvalue weighted by Gasteiger charge is -1.97. The molecule has 0 spiro atoms. The number of nitroso groups, excluding NO2 is 1. The van der Waals surface area contributed by atoms with Gasteiger partial charge in [-0.05, 0) is 23.4 Å². The van der Waals surface area contributed by atoms with Gasteiger partial charge in [0.1, 0.15) is 11.4 Å². The lowest BCUT2D eigenvalue weighted by molar-refractivity contribution is 0.0697. The first-order valence-electron chi connectivity index (χ1n) is 3.05. The number of benzene rings is 1. The highest BCUT2D eigenvalue weighted by Crippen LogP contribution is 2.23. The minimum Gasteiger partial charge on any atom is -0.508 e. The number of aromatic carboxylic acids is 1. The predicted octanol–water partition coefficient (Wildman–Crippen LogP) is 1.49. The number of aromatic hydroxyl groups is 1. The third-order valence-electron chi connectivity index (χ3n) is 1.31. The van der Waals surface area contributed by atoms with Crippen LogP contribution in [-0.4, -0.2) is 16.2 Å². The normalized spacial score (nSPS) is 9.33. The topological polar surface area (TPSA) is 87.0 Å². The molecule has 1 rings (SSSR count). The van der Waals surface area contributed by atoms with Crippen molar-refractivity contribution in [1.82, 2.24) is 0 Å². The zero-order valence-electron chi connectivity index (χ0n) is 5.89. The van der Waals surface area contributed by atoms with Gasteiger partial charge in [-0.3, -0.25) is 0 Å². The molecule has 0 saturated carbocycles. The van der Waals surface area contributed by atoms with Gasteiger partial charge < -0.3 is 10.2 Å². The number of hydrogen-bond acceptors (Lipinski definition) is 4. The summed E-state index contributed by atoms with van der Waals surface area (Å²) in [7, 11) is 0. The molecule has 0 heterocycles. The van der Waals surface area contributed by atoms with Crippen LogP contribution in [0.25, 0.3) is 0 Å². The number of phenolic OH excluding ortho intramolecular Hbond substituents is 1. The number of carbonyl (C=O) groups is 1. The molecule has 0 fully saturated rings. The van der Waals surface area contributed by atoms with Crippen LogP contribution in [0.4, 0.5) is 5.69 Å². The van der Waals surface area contributed by atoms with Gasteiger partial charge in [-0.15, -0.1) is 4.91 Å². The maximum Gasteiger partial charge on any atom is 0.338 e. The first kappa shape index (κ1) is 8.19. The van der Waals surface area contributed by atoms with E-state index in [0.717, 1.165) is 12.1 Å². The molecule has 0 radical (unpaired) electrons. The maximum atomic E-state index is 10.4. The standard InChI is InChI=1S/C7H5NO4/c9-4-1-2-6(8-12)5(3-4)7(10)11/h1-3,9H,(H,10,11). The van der Waals surface area contributed by atoms with E-state index in [1.165, 1.54) is 6.07 Å². The van der Waals surface area contributed by atoms with Gasteiger partial charge in [0.25, 0.3) is 0 Å². The summed E-state index contributed by atoms with van der Waals surface area (Å²) in [6.07, 6.45) is 0. The van der Waals surface area contributed by atoms with E-state index in [0.29, 0.717) is 0 Å².